The van der Waals surface area contributed by atoms with E-state index in [0.717, 1.165) is 10.9 Å². The maximum atomic E-state index is 13.6. The topological polar surface area (TPSA) is 65.2 Å². The van der Waals surface area contributed by atoms with Crippen LogP contribution < -0.4 is 5.32 Å². The number of hydrogen-bond donors (Lipinski definition) is 2. The van der Waals surface area contributed by atoms with Crippen LogP contribution >= 0.6 is 0 Å². The third-order valence-corrected chi connectivity index (χ3v) is 4.94. The first-order valence-corrected chi connectivity index (χ1v) is 8.42. The summed E-state index contributed by atoms with van der Waals surface area (Å²) in [5.74, 6) is -1.33. The second-order valence-corrected chi connectivity index (χ2v) is 6.58. The molecule has 3 aromatic rings. The zero-order chi connectivity index (χ0) is 18.3. The van der Waals surface area contributed by atoms with Crippen LogP contribution in [0, 0.1) is 11.7 Å². The first-order chi connectivity index (χ1) is 12.5. The molecule has 0 radical (unpaired) electrons. The molecule has 2 amide bonds. The lowest BCUT2D eigenvalue weighted by atomic mass is 9.92. The van der Waals surface area contributed by atoms with Gasteiger partial charge in [-0.3, -0.25) is 9.59 Å². The van der Waals surface area contributed by atoms with Gasteiger partial charge in [0.25, 0.3) is 0 Å². The molecule has 2 aromatic carbocycles. The zero-order valence-electron chi connectivity index (χ0n) is 14.2. The van der Waals surface area contributed by atoms with E-state index in [9.17, 15) is 14.0 Å². The molecule has 2 N–H and O–H groups in total. The normalized spacial score (nSPS) is 19.9. The maximum absolute atomic E-state index is 13.6. The number of anilines is 1. The van der Waals surface area contributed by atoms with E-state index in [2.05, 4.69) is 10.3 Å². The zero-order valence-corrected chi connectivity index (χ0v) is 14.2. The van der Waals surface area contributed by atoms with Gasteiger partial charge in [0.15, 0.2) is 0 Å². The Bertz CT molecular complexity index is 997. The predicted molar refractivity (Wildman–Crippen MR) is 96.9 cm³/mol. The average molecular weight is 351 g/mol. The summed E-state index contributed by atoms with van der Waals surface area (Å²) in [5, 5.41) is 3.94. The number of benzene rings is 2. The highest BCUT2D eigenvalue weighted by atomic mass is 19.1. The number of carbonyl (C=O) groups excluding carboxylic acids is 2. The molecule has 0 bridgehead atoms. The van der Waals surface area contributed by atoms with Gasteiger partial charge in [-0.1, -0.05) is 18.2 Å². The first kappa shape index (κ1) is 16.3. The van der Waals surface area contributed by atoms with Crippen LogP contribution in [0.1, 0.15) is 18.0 Å². The van der Waals surface area contributed by atoms with E-state index < -0.39 is 12.0 Å². The molecular formula is C20H18FN3O2. The molecule has 4 rings (SSSR count). The summed E-state index contributed by atoms with van der Waals surface area (Å²) in [6, 6.07) is 13.1. The van der Waals surface area contributed by atoms with Gasteiger partial charge in [-0.05, 0) is 41.3 Å². The van der Waals surface area contributed by atoms with E-state index in [1.807, 2.05) is 30.5 Å². The summed E-state index contributed by atoms with van der Waals surface area (Å²) in [6.07, 6.45) is 1.94. The lowest BCUT2D eigenvalue weighted by molar-refractivity contribution is -0.128. The fourth-order valence-corrected chi connectivity index (χ4v) is 3.61. The molecule has 132 valence electrons. The van der Waals surface area contributed by atoms with Crippen LogP contribution in [0.2, 0.25) is 0 Å². The molecule has 1 fully saturated rings. The van der Waals surface area contributed by atoms with Gasteiger partial charge in [-0.25, -0.2) is 4.39 Å². The van der Waals surface area contributed by atoms with Crippen molar-refractivity contribution in [3.05, 3.63) is 66.1 Å². The fourth-order valence-electron chi connectivity index (χ4n) is 3.61. The minimum Gasteiger partial charge on any atom is -0.361 e. The molecule has 0 saturated carbocycles. The molecule has 2 atom stereocenters. The molecule has 0 spiro atoms. The van der Waals surface area contributed by atoms with Crippen LogP contribution in [0.4, 0.5) is 10.1 Å². The molecule has 2 heterocycles. The molecule has 1 aliphatic heterocycles. The summed E-state index contributed by atoms with van der Waals surface area (Å²) in [4.78, 5) is 29.7. The lowest BCUT2D eigenvalue weighted by Gasteiger charge is -2.25. The highest BCUT2D eigenvalue weighted by Gasteiger charge is 2.42. The van der Waals surface area contributed by atoms with Gasteiger partial charge in [0.05, 0.1) is 12.0 Å². The average Bonchev–Trinajstić information content (AvgIpc) is 3.19. The Morgan fingerprint density at radius 2 is 2.08 bits per heavy atom. The van der Waals surface area contributed by atoms with E-state index in [1.165, 1.54) is 17.0 Å². The molecule has 6 heteroatoms. The molecular weight excluding hydrogens is 333 g/mol. The van der Waals surface area contributed by atoms with Gasteiger partial charge in [0, 0.05) is 30.9 Å². The smallest absolute Gasteiger partial charge is 0.230 e. The number of rotatable bonds is 3. The maximum Gasteiger partial charge on any atom is 0.230 e. The standard InChI is InChI=1S/C20H18FN3O2/c1-24-18(25)11-16(19(24)13-3-2-4-14(21)9-13)20(26)23-15-6-5-12-7-8-22-17(12)10-15/h2-10,16,19,22H,11H2,1H3,(H,23,26)/t16-,19-/m1/s1. The molecule has 0 unspecified atom stereocenters. The Kier molecular flexibility index (Phi) is 3.95. The second kappa shape index (κ2) is 6.29. The number of aromatic amines is 1. The predicted octanol–water partition coefficient (Wildman–Crippen LogP) is 3.47. The largest absolute Gasteiger partial charge is 0.361 e. The number of carbonyl (C=O) groups is 2. The van der Waals surface area contributed by atoms with Gasteiger partial charge >= 0.3 is 0 Å². The van der Waals surface area contributed by atoms with Crippen molar-refractivity contribution in [1.29, 1.82) is 0 Å². The molecule has 26 heavy (non-hydrogen) atoms. The summed E-state index contributed by atoms with van der Waals surface area (Å²) in [6.45, 7) is 0. The molecule has 1 aliphatic rings. The summed E-state index contributed by atoms with van der Waals surface area (Å²) < 4.78 is 13.6. The monoisotopic (exact) mass is 351 g/mol. The molecule has 5 nitrogen and oxygen atoms in total. The minimum absolute atomic E-state index is 0.105. The van der Waals surface area contributed by atoms with Crippen LogP contribution in [0.3, 0.4) is 0 Å². The molecule has 1 saturated heterocycles. The minimum atomic E-state index is -0.575. The molecule has 0 aliphatic carbocycles. The summed E-state index contributed by atoms with van der Waals surface area (Å²) in [7, 11) is 1.65. The number of likely N-dealkylation sites (tertiary alicyclic amines) is 1. The molecule has 1 aromatic heterocycles. The summed E-state index contributed by atoms with van der Waals surface area (Å²) >= 11 is 0. The van der Waals surface area contributed by atoms with Crippen LogP contribution in [0.5, 0.6) is 0 Å². The van der Waals surface area contributed by atoms with E-state index in [4.69, 9.17) is 0 Å². The fraction of sp³-hybridized carbons (Fsp3) is 0.200. The number of nitrogens with one attached hydrogen (secondary N) is 2. The number of amides is 2. The number of H-pyrrole nitrogens is 1. The van der Waals surface area contributed by atoms with Crippen molar-refractivity contribution < 1.29 is 14.0 Å². The lowest BCUT2D eigenvalue weighted by Crippen LogP contribution is -2.30. The van der Waals surface area contributed by atoms with Gasteiger partial charge in [-0.2, -0.15) is 0 Å². The van der Waals surface area contributed by atoms with Crippen molar-refractivity contribution in [3.8, 4) is 0 Å². The Balaban J connectivity index is 1.61. The number of halogens is 1. The Morgan fingerprint density at radius 1 is 1.23 bits per heavy atom. The number of fused-ring (bicyclic) bond motifs is 1. The van der Waals surface area contributed by atoms with Gasteiger partial charge in [0.2, 0.25) is 11.8 Å². The van der Waals surface area contributed by atoms with Crippen molar-refractivity contribution in [3.63, 3.8) is 0 Å². The van der Waals surface area contributed by atoms with Crippen LogP contribution in [0.25, 0.3) is 10.9 Å². The van der Waals surface area contributed by atoms with Crippen molar-refractivity contribution in [2.75, 3.05) is 12.4 Å². The number of nitrogens with zero attached hydrogens (tertiary/aromatic N) is 1. The third kappa shape index (κ3) is 2.83. The van der Waals surface area contributed by atoms with Gasteiger partial charge in [0.1, 0.15) is 5.82 Å². The van der Waals surface area contributed by atoms with E-state index in [0.29, 0.717) is 11.3 Å². The van der Waals surface area contributed by atoms with Crippen molar-refractivity contribution in [2.45, 2.75) is 12.5 Å². The van der Waals surface area contributed by atoms with E-state index in [1.54, 1.807) is 19.2 Å². The first-order valence-electron chi connectivity index (χ1n) is 8.42. The van der Waals surface area contributed by atoms with Gasteiger partial charge in [-0.15, -0.1) is 0 Å². The number of hydrogen-bond acceptors (Lipinski definition) is 2. The summed E-state index contributed by atoms with van der Waals surface area (Å²) in [5.41, 5.74) is 2.20. The SMILES string of the molecule is CN1C(=O)C[C@@H](C(=O)Nc2ccc3cc[nH]c3c2)[C@H]1c1cccc(F)c1. The second-order valence-electron chi connectivity index (χ2n) is 6.58. The van der Waals surface area contributed by atoms with Crippen molar-refractivity contribution >= 4 is 28.4 Å². The Labute approximate surface area is 149 Å². The van der Waals surface area contributed by atoms with Crippen LogP contribution in [-0.2, 0) is 9.59 Å². The van der Waals surface area contributed by atoms with Crippen LogP contribution in [0.15, 0.2) is 54.7 Å². The highest BCUT2D eigenvalue weighted by Crippen LogP contribution is 2.38. The highest BCUT2D eigenvalue weighted by molar-refractivity contribution is 5.99. The van der Waals surface area contributed by atoms with Crippen molar-refractivity contribution in [2.24, 2.45) is 5.92 Å². The van der Waals surface area contributed by atoms with E-state index >= 15 is 0 Å². The van der Waals surface area contributed by atoms with Gasteiger partial charge < -0.3 is 15.2 Å². The van der Waals surface area contributed by atoms with Crippen molar-refractivity contribution in [1.82, 2.24) is 9.88 Å². The number of aromatic nitrogens is 1. The Hall–Kier alpha value is -3.15. The quantitative estimate of drug-likeness (QED) is 0.759. The Morgan fingerprint density at radius 3 is 2.88 bits per heavy atom. The van der Waals surface area contributed by atoms with E-state index in [-0.39, 0.29) is 24.1 Å². The third-order valence-electron chi connectivity index (χ3n) is 4.94. The van der Waals surface area contributed by atoms with Crippen LogP contribution in [-0.4, -0.2) is 28.7 Å².